The number of amides is 1. The van der Waals surface area contributed by atoms with Gasteiger partial charge in [-0.1, -0.05) is 25.1 Å². The van der Waals surface area contributed by atoms with Crippen molar-refractivity contribution in [3.8, 4) is 0 Å². The predicted octanol–water partition coefficient (Wildman–Crippen LogP) is 3.09. The molecule has 4 nitrogen and oxygen atoms in total. The van der Waals surface area contributed by atoms with Crippen molar-refractivity contribution in [1.82, 2.24) is 4.90 Å². The van der Waals surface area contributed by atoms with E-state index in [1.165, 1.54) is 18.4 Å². The molecule has 1 aromatic carbocycles. The van der Waals surface area contributed by atoms with Crippen molar-refractivity contribution in [2.24, 2.45) is 5.92 Å². The van der Waals surface area contributed by atoms with E-state index in [0.717, 1.165) is 20.5 Å². The lowest BCUT2D eigenvalue weighted by atomic mass is 10.1. The highest BCUT2D eigenvalue weighted by atomic mass is 32.1. The molecule has 0 aliphatic rings. The fraction of sp³-hybridized carbons (Fsp3) is 0.375. The van der Waals surface area contributed by atoms with Crippen LogP contribution < -0.4 is 0 Å². The minimum atomic E-state index is -0.335. The van der Waals surface area contributed by atoms with Crippen LogP contribution in [0, 0.1) is 12.8 Å². The van der Waals surface area contributed by atoms with Gasteiger partial charge in [-0.25, -0.2) is 0 Å². The van der Waals surface area contributed by atoms with Crippen molar-refractivity contribution in [2.75, 3.05) is 20.7 Å². The first-order chi connectivity index (χ1) is 9.95. The van der Waals surface area contributed by atoms with Gasteiger partial charge >= 0.3 is 5.97 Å². The second kappa shape index (κ2) is 6.26. The number of thiophene rings is 1. The molecule has 0 fully saturated rings. The molecular weight excluding hydrogens is 286 g/mol. The van der Waals surface area contributed by atoms with Crippen LogP contribution >= 0.6 is 11.3 Å². The molecular formula is C16H19NO3S. The van der Waals surface area contributed by atoms with Crippen LogP contribution in [0.5, 0.6) is 0 Å². The highest BCUT2D eigenvalue weighted by molar-refractivity contribution is 7.21. The van der Waals surface area contributed by atoms with Gasteiger partial charge in [0.2, 0.25) is 0 Å². The number of hydrogen-bond donors (Lipinski definition) is 0. The molecule has 0 spiro atoms. The lowest BCUT2D eigenvalue weighted by Gasteiger charge is -2.20. The summed E-state index contributed by atoms with van der Waals surface area (Å²) in [5.74, 6) is -0.689. The van der Waals surface area contributed by atoms with Gasteiger partial charge < -0.3 is 9.64 Å². The number of aryl methyl sites for hydroxylation is 1. The van der Waals surface area contributed by atoms with Crippen molar-refractivity contribution < 1.29 is 14.3 Å². The van der Waals surface area contributed by atoms with E-state index in [9.17, 15) is 9.59 Å². The number of rotatable bonds is 4. The van der Waals surface area contributed by atoms with Gasteiger partial charge in [0.05, 0.1) is 17.9 Å². The van der Waals surface area contributed by atoms with E-state index in [4.69, 9.17) is 4.74 Å². The van der Waals surface area contributed by atoms with Crippen LogP contribution in [-0.2, 0) is 9.53 Å². The number of fused-ring (bicyclic) bond motifs is 1. The van der Waals surface area contributed by atoms with E-state index in [2.05, 4.69) is 0 Å². The Balaban J connectivity index is 2.22. The number of nitrogens with zero attached hydrogens (tertiary/aromatic N) is 1. The van der Waals surface area contributed by atoms with Crippen molar-refractivity contribution >= 4 is 33.3 Å². The minimum absolute atomic E-state index is 0.0514. The third kappa shape index (κ3) is 3.08. The molecule has 0 radical (unpaired) electrons. The molecule has 5 heteroatoms. The van der Waals surface area contributed by atoms with Crippen molar-refractivity contribution in [1.29, 1.82) is 0 Å². The Morgan fingerprint density at radius 3 is 2.62 bits per heavy atom. The van der Waals surface area contributed by atoms with Crippen LogP contribution in [0.2, 0.25) is 0 Å². The maximum atomic E-state index is 12.6. The van der Waals surface area contributed by atoms with E-state index in [1.54, 1.807) is 18.9 Å². The number of hydrogen-bond acceptors (Lipinski definition) is 4. The number of carbonyl (C=O) groups excluding carboxylic acids is 2. The molecule has 1 amide bonds. The van der Waals surface area contributed by atoms with Gasteiger partial charge in [-0.15, -0.1) is 11.3 Å². The molecule has 1 aromatic heterocycles. The predicted molar refractivity (Wildman–Crippen MR) is 84.7 cm³/mol. The van der Waals surface area contributed by atoms with E-state index < -0.39 is 0 Å². The standard InChI is InChI=1S/C16H19NO3S/c1-10(16(19)20-4)9-17(3)15(18)14-11(2)12-7-5-6-8-13(12)21-14/h5-8,10H,9H2,1-4H3. The molecule has 1 atom stereocenters. The second-order valence-corrected chi connectivity index (χ2v) is 6.21. The highest BCUT2D eigenvalue weighted by Crippen LogP contribution is 2.31. The Labute approximate surface area is 128 Å². The summed E-state index contributed by atoms with van der Waals surface area (Å²) in [7, 11) is 3.07. The van der Waals surface area contributed by atoms with Crippen LogP contribution in [0.3, 0.4) is 0 Å². The molecule has 1 heterocycles. The summed E-state index contributed by atoms with van der Waals surface area (Å²) < 4.78 is 5.80. The number of esters is 1. The third-order valence-electron chi connectivity index (χ3n) is 3.54. The van der Waals surface area contributed by atoms with Crippen molar-refractivity contribution in [3.05, 3.63) is 34.7 Å². The summed E-state index contributed by atoms with van der Waals surface area (Å²) >= 11 is 1.49. The topological polar surface area (TPSA) is 46.6 Å². The molecule has 112 valence electrons. The van der Waals surface area contributed by atoms with Gasteiger partial charge in [0.1, 0.15) is 0 Å². The van der Waals surface area contributed by atoms with Gasteiger partial charge in [0, 0.05) is 18.3 Å². The summed E-state index contributed by atoms with van der Waals surface area (Å²) in [5.41, 5.74) is 0.998. The van der Waals surface area contributed by atoms with E-state index >= 15 is 0 Å². The summed E-state index contributed by atoms with van der Waals surface area (Å²) in [6, 6.07) is 7.98. The van der Waals surface area contributed by atoms with Gasteiger partial charge in [-0.05, 0) is 23.9 Å². The van der Waals surface area contributed by atoms with E-state index in [1.807, 2.05) is 31.2 Å². The van der Waals surface area contributed by atoms with Crippen LogP contribution in [0.15, 0.2) is 24.3 Å². The average Bonchev–Trinajstić information content (AvgIpc) is 2.83. The first-order valence-corrected chi connectivity index (χ1v) is 7.58. The zero-order chi connectivity index (χ0) is 15.6. The fourth-order valence-electron chi connectivity index (χ4n) is 2.32. The molecule has 1 unspecified atom stereocenters. The van der Waals surface area contributed by atoms with Gasteiger partial charge in [0.25, 0.3) is 5.91 Å². The summed E-state index contributed by atoms with van der Waals surface area (Å²) in [6.07, 6.45) is 0. The number of methoxy groups -OCH3 is 1. The fourth-order valence-corrected chi connectivity index (χ4v) is 3.52. The Morgan fingerprint density at radius 2 is 2.00 bits per heavy atom. The Morgan fingerprint density at radius 1 is 1.33 bits per heavy atom. The number of benzene rings is 1. The van der Waals surface area contributed by atoms with E-state index in [-0.39, 0.29) is 17.8 Å². The zero-order valence-corrected chi connectivity index (χ0v) is 13.5. The highest BCUT2D eigenvalue weighted by Gasteiger charge is 2.22. The smallest absolute Gasteiger partial charge is 0.310 e. The maximum absolute atomic E-state index is 12.6. The number of carbonyl (C=O) groups is 2. The first-order valence-electron chi connectivity index (χ1n) is 6.77. The monoisotopic (exact) mass is 305 g/mol. The van der Waals surface area contributed by atoms with Gasteiger partial charge in [0.15, 0.2) is 0 Å². The molecule has 0 saturated carbocycles. The Kier molecular flexibility index (Phi) is 4.63. The summed E-state index contributed by atoms with van der Waals surface area (Å²) in [4.78, 5) is 26.3. The Hall–Kier alpha value is -1.88. The van der Waals surface area contributed by atoms with Crippen LogP contribution in [0.4, 0.5) is 0 Å². The maximum Gasteiger partial charge on any atom is 0.310 e. The van der Waals surface area contributed by atoms with Crippen molar-refractivity contribution in [2.45, 2.75) is 13.8 Å². The summed E-state index contributed by atoms with van der Waals surface area (Å²) in [6.45, 7) is 4.07. The molecule has 0 saturated heterocycles. The zero-order valence-electron chi connectivity index (χ0n) is 12.7. The van der Waals surface area contributed by atoms with Crippen molar-refractivity contribution in [3.63, 3.8) is 0 Å². The Bertz CT molecular complexity index is 677. The van der Waals surface area contributed by atoms with Crippen LogP contribution in [-0.4, -0.2) is 37.5 Å². The van der Waals surface area contributed by atoms with Crippen LogP contribution in [0.25, 0.3) is 10.1 Å². The molecule has 21 heavy (non-hydrogen) atoms. The first kappa shape index (κ1) is 15.5. The number of ether oxygens (including phenoxy) is 1. The largest absolute Gasteiger partial charge is 0.469 e. The SMILES string of the molecule is COC(=O)C(C)CN(C)C(=O)c1sc2ccccc2c1C. The lowest BCUT2D eigenvalue weighted by Crippen LogP contribution is -2.34. The van der Waals surface area contributed by atoms with Gasteiger partial charge in [-0.2, -0.15) is 0 Å². The molecule has 2 rings (SSSR count). The second-order valence-electron chi connectivity index (χ2n) is 5.16. The average molecular weight is 305 g/mol. The molecule has 0 aliphatic carbocycles. The van der Waals surface area contributed by atoms with E-state index in [0.29, 0.717) is 6.54 Å². The lowest BCUT2D eigenvalue weighted by molar-refractivity contribution is -0.145. The quantitative estimate of drug-likeness (QED) is 0.816. The molecule has 2 aromatic rings. The molecule has 0 aliphatic heterocycles. The van der Waals surface area contributed by atoms with Crippen LogP contribution in [0.1, 0.15) is 22.2 Å². The third-order valence-corrected chi connectivity index (χ3v) is 4.80. The van der Waals surface area contributed by atoms with Gasteiger partial charge in [-0.3, -0.25) is 9.59 Å². The molecule has 0 N–H and O–H groups in total. The summed E-state index contributed by atoms with van der Waals surface area (Å²) in [5, 5.41) is 1.11. The molecule has 0 bridgehead atoms. The minimum Gasteiger partial charge on any atom is -0.469 e. The normalized spacial score (nSPS) is 12.2.